The Balaban J connectivity index is 1.26. The van der Waals surface area contributed by atoms with Crippen molar-refractivity contribution in [2.24, 2.45) is 0 Å². The Morgan fingerprint density at radius 2 is 1.97 bits per heavy atom. The van der Waals surface area contributed by atoms with E-state index in [1.807, 2.05) is 48.5 Å². The van der Waals surface area contributed by atoms with Crippen molar-refractivity contribution >= 4 is 23.2 Å². The third kappa shape index (κ3) is 5.73. The highest BCUT2D eigenvalue weighted by Gasteiger charge is 2.21. The minimum Gasteiger partial charge on any atom is -0.484 e. The van der Waals surface area contributed by atoms with Crippen LogP contribution in [-0.2, 0) is 27.5 Å². The Kier molecular flexibility index (Phi) is 6.64. The topological polar surface area (TPSA) is 81.0 Å². The zero-order chi connectivity index (χ0) is 21.5. The molecule has 7 heteroatoms. The highest BCUT2D eigenvalue weighted by molar-refractivity contribution is 5.95. The second-order valence-electron chi connectivity index (χ2n) is 7.26. The molecule has 1 aliphatic rings. The number of benzene rings is 2. The summed E-state index contributed by atoms with van der Waals surface area (Å²) in [6, 6.07) is 18.4. The van der Waals surface area contributed by atoms with Crippen LogP contribution >= 0.6 is 0 Å². The van der Waals surface area contributed by atoms with Crippen LogP contribution < -0.4 is 15.0 Å². The molecule has 2 amide bonds. The number of hydrogen-bond donors (Lipinski definition) is 1. The molecule has 0 bridgehead atoms. The zero-order valence-corrected chi connectivity index (χ0v) is 17.1. The quantitative estimate of drug-likeness (QED) is 0.563. The van der Waals surface area contributed by atoms with Crippen LogP contribution in [0.5, 0.6) is 5.75 Å². The first-order valence-electron chi connectivity index (χ1n) is 10.2. The summed E-state index contributed by atoms with van der Waals surface area (Å²) in [6.45, 7) is 1.38. The van der Waals surface area contributed by atoms with Gasteiger partial charge in [-0.05, 0) is 48.4 Å². The molecule has 2 heterocycles. The summed E-state index contributed by atoms with van der Waals surface area (Å²) < 4.78 is 16.5. The minimum atomic E-state index is -0.267. The summed E-state index contributed by atoms with van der Waals surface area (Å²) in [6.07, 6.45) is 3.04. The molecule has 0 radical (unpaired) electrons. The lowest BCUT2D eigenvalue weighted by atomic mass is 10.2. The van der Waals surface area contributed by atoms with Crippen LogP contribution in [0, 0.1) is 0 Å². The fourth-order valence-electron chi connectivity index (χ4n) is 3.41. The summed E-state index contributed by atoms with van der Waals surface area (Å²) in [5.41, 5.74) is 2.40. The van der Waals surface area contributed by atoms with Gasteiger partial charge in [0.2, 0.25) is 5.91 Å². The number of amides is 2. The summed E-state index contributed by atoms with van der Waals surface area (Å²) >= 11 is 0. The maximum atomic E-state index is 12.3. The molecule has 1 saturated heterocycles. The molecule has 0 aliphatic carbocycles. The van der Waals surface area contributed by atoms with Gasteiger partial charge in [0.15, 0.2) is 6.61 Å². The Morgan fingerprint density at radius 1 is 1.06 bits per heavy atom. The lowest BCUT2D eigenvalue weighted by Crippen LogP contribution is -2.24. The maximum Gasteiger partial charge on any atom is 0.262 e. The average Bonchev–Trinajstić information content (AvgIpc) is 3.45. The van der Waals surface area contributed by atoms with Crippen LogP contribution in [0.2, 0.25) is 0 Å². The molecule has 2 aromatic carbocycles. The van der Waals surface area contributed by atoms with Gasteiger partial charge in [-0.15, -0.1) is 0 Å². The van der Waals surface area contributed by atoms with Crippen molar-refractivity contribution in [3.05, 3.63) is 78.3 Å². The van der Waals surface area contributed by atoms with Crippen LogP contribution in [0.4, 0.5) is 11.4 Å². The fourth-order valence-corrected chi connectivity index (χ4v) is 3.41. The number of hydrogen-bond acceptors (Lipinski definition) is 5. The van der Waals surface area contributed by atoms with Gasteiger partial charge in [0.25, 0.3) is 5.91 Å². The van der Waals surface area contributed by atoms with Gasteiger partial charge in [-0.2, -0.15) is 0 Å². The van der Waals surface area contributed by atoms with Crippen LogP contribution in [0.25, 0.3) is 0 Å². The van der Waals surface area contributed by atoms with Gasteiger partial charge in [-0.1, -0.05) is 18.2 Å². The smallest absolute Gasteiger partial charge is 0.262 e. The molecule has 1 fully saturated rings. The number of carbonyl (C=O) groups is 2. The van der Waals surface area contributed by atoms with E-state index in [4.69, 9.17) is 13.9 Å². The third-order valence-electron chi connectivity index (χ3n) is 4.88. The molecule has 0 saturated carbocycles. The lowest BCUT2D eigenvalue weighted by molar-refractivity contribution is -0.118. The molecule has 0 atom stereocenters. The maximum absolute atomic E-state index is 12.3. The molecule has 31 heavy (non-hydrogen) atoms. The van der Waals surface area contributed by atoms with E-state index in [1.54, 1.807) is 23.3 Å². The van der Waals surface area contributed by atoms with E-state index in [1.165, 1.54) is 0 Å². The SMILES string of the molecule is O=C(COc1cccc(N2CCCC2=O)c1)Nc1cccc(COCc2ccco2)c1. The van der Waals surface area contributed by atoms with Crippen LogP contribution in [0.1, 0.15) is 24.2 Å². The summed E-state index contributed by atoms with van der Waals surface area (Å²) in [5, 5.41) is 2.83. The van der Waals surface area contributed by atoms with Crippen molar-refractivity contribution in [3.63, 3.8) is 0 Å². The van der Waals surface area contributed by atoms with Crippen LogP contribution in [0.15, 0.2) is 71.3 Å². The van der Waals surface area contributed by atoms with Crippen molar-refractivity contribution in [2.45, 2.75) is 26.1 Å². The monoisotopic (exact) mass is 420 g/mol. The fraction of sp³-hybridized carbons (Fsp3) is 0.250. The highest BCUT2D eigenvalue weighted by atomic mass is 16.5. The molecule has 0 spiro atoms. The van der Waals surface area contributed by atoms with E-state index in [0.29, 0.717) is 37.6 Å². The standard InChI is InChI=1S/C24H24N2O5/c27-23(17-31-21-8-2-7-20(14-21)26-11-3-10-24(26)28)25-19-6-1-5-18(13-19)15-29-16-22-9-4-12-30-22/h1-2,4-9,12-14H,3,10-11,15-17H2,(H,25,27). The Labute approximate surface area is 180 Å². The van der Waals surface area contributed by atoms with Gasteiger partial charge in [0, 0.05) is 30.4 Å². The van der Waals surface area contributed by atoms with E-state index >= 15 is 0 Å². The summed E-state index contributed by atoms with van der Waals surface area (Å²) in [5.74, 6) is 1.16. The van der Waals surface area contributed by atoms with E-state index in [2.05, 4.69) is 5.32 Å². The number of ether oxygens (including phenoxy) is 2. The number of rotatable bonds is 9. The Bertz CT molecular complexity index is 1030. The van der Waals surface area contributed by atoms with Gasteiger partial charge in [-0.3, -0.25) is 9.59 Å². The average molecular weight is 420 g/mol. The van der Waals surface area contributed by atoms with Crippen LogP contribution in [-0.4, -0.2) is 25.0 Å². The molecule has 160 valence electrons. The lowest BCUT2D eigenvalue weighted by Gasteiger charge is -2.16. The number of anilines is 2. The summed E-state index contributed by atoms with van der Waals surface area (Å²) in [4.78, 5) is 26.0. The van der Waals surface area contributed by atoms with E-state index in [9.17, 15) is 9.59 Å². The first-order valence-corrected chi connectivity index (χ1v) is 10.2. The normalized spacial score (nSPS) is 13.4. The number of carbonyl (C=O) groups excluding carboxylic acids is 2. The van der Waals surface area contributed by atoms with Crippen molar-refractivity contribution in [2.75, 3.05) is 23.4 Å². The predicted octanol–water partition coefficient (Wildman–Crippen LogP) is 4.14. The van der Waals surface area contributed by atoms with Gasteiger partial charge >= 0.3 is 0 Å². The molecule has 4 rings (SSSR count). The summed E-state index contributed by atoms with van der Waals surface area (Å²) in [7, 11) is 0. The number of nitrogens with zero attached hydrogens (tertiary/aromatic N) is 1. The van der Waals surface area contributed by atoms with Crippen molar-refractivity contribution in [1.29, 1.82) is 0 Å². The first kappa shape index (κ1) is 20.7. The predicted molar refractivity (Wildman–Crippen MR) is 116 cm³/mol. The third-order valence-corrected chi connectivity index (χ3v) is 4.88. The van der Waals surface area contributed by atoms with Crippen molar-refractivity contribution in [3.8, 4) is 5.75 Å². The van der Waals surface area contributed by atoms with Crippen molar-refractivity contribution in [1.82, 2.24) is 0 Å². The molecular weight excluding hydrogens is 396 g/mol. The van der Waals surface area contributed by atoms with E-state index < -0.39 is 0 Å². The molecule has 0 unspecified atom stereocenters. The van der Waals surface area contributed by atoms with E-state index in [0.717, 1.165) is 23.4 Å². The number of nitrogens with one attached hydrogen (secondary N) is 1. The largest absolute Gasteiger partial charge is 0.484 e. The zero-order valence-electron chi connectivity index (χ0n) is 17.1. The minimum absolute atomic E-state index is 0.114. The van der Waals surface area contributed by atoms with Gasteiger partial charge in [-0.25, -0.2) is 0 Å². The molecular formula is C24H24N2O5. The highest BCUT2D eigenvalue weighted by Crippen LogP contribution is 2.25. The molecule has 1 aromatic heterocycles. The Hall–Kier alpha value is -3.58. The second kappa shape index (κ2) is 9.95. The van der Waals surface area contributed by atoms with Crippen LogP contribution in [0.3, 0.4) is 0 Å². The molecule has 1 N–H and O–H groups in total. The van der Waals surface area contributed by atoms with E-state index in [-0.39, 0.29) is 18.4 Å². The van der Waals surface area contributed by atoms with Crippen molar-refractivity contribution < 1.29 is 23.5 Å². The van der Waals surface area contributed by atoms with Gasteiger partial charge < -0.3 is 24.1 Å². The molecule has 3 aromatic rings. The molecule has 1 aliphatic heterocycles. The van der Waals surface area contributed by atoms with Gasteiger partial charge in [0.05, 0.1) is 12.9 Å². The first-order chi connectivity index (χ1) is 15.2. The number of furan rings is 1. The second-order valence-corrected chi connectivity index (χ2v) is 7.26. The Morgan fingerprint density at radius 3 is 2.77 bits per heavy atom. The van der Waals surface area contributed by atoms with Gasteiger partial charge in [0.1, 0.15) is 18.1 Å². The molecule has 7 nitrogen and oxygen atoms in total.